The Morgan fingerprint density at radius 1 is 0.731 bits per heavy atom. The quantitative estimate of drug-likeness (QED) is 0.440. The number of anilines is 1. The third-order valence-corrected chi connectivity index (χ3v) is 4.82. The SMILES string of the molecule is Clc1ccc(Cl)c(NCc2cc(Cl)c(OCc3ccccc3)c(Cl)c2)c1. The first-order chi connectivity index (χ1) is 12.5. The Balaban J connectivity index is 1.69. The molecule has 3 aromatic carbocycles. The van der Waals surface area contributed by atoms with Gasteiger partial charge in [0.1, 0.15) is 6.61 Å². The Morgan fingerprint density at radius 3 is 2.12 bits per heavy atom. The number of rotatable bonds is 6. The van der Waals surface area contributed by atoms with Gasteiger partial charge in [-0.3, -0.25) is 0 Å². The van der Waals surface area contributed by atoms with Crippen molar-refractivity contribution in [1.29, 1.82) is 0 Å². The fraction of sp³-hybridized carbons (Fsp3) is 0.100. The molecule has 134 valence electrons. The lowest BCUT2D eigenvalue weighted by Gasteiger charge is -2.13. The zero-order valence-electron chi connectivity index (χ0n) is 13.6. The molecule has 0 unspecified atom stereocenters. The van der Waals surface area contributed by atoms with E-state index in [0.717, 1.165) is 16.8 Å². The number of halogens is 4. The van der Waals surface area contributed by atoms with Crippen molar-refractivity contribution in [1.82, 2.24) is 0 Å². The van der Waals surface area contributed by atoms with Crippen LogP contribution in [0, 0.1) is 0 Å². The molecule has 0 aliphatic carbocycles. The van der Waals surface area contributed by atoms with Crippen LogP contribution in [0.4, 0.5) is 5.69 Å². The zero-order valence-corrected chi connectivity index (χ0v) is 16.6. The molecule has 0 fully saturated rings. The summed E-state index contributed by atoms with van der Waals surface area (Å²) in [7, 11) is 0. The van der Waals surface area contributed by atoms with Crippen molar-refractivity contribution >= 4 is 52.1 Å². The van der Waals surface area contributed by atoms with Gasteiger partial charge in [-0.1, -0.05) is 76.7 Å². The summed E-state index contributed by atoms with van der Waals surface area (Å²) >= 11 is 24.9. The van der Waals surface area contributed by atoms with E-state index in [1.165, 1.54) is 0 Å². The minimum absolute atomic E-state index is 0.399. The molecular weight excluding hydrogens is 412 g/mol. The van der Waals surface area contributed by atoms with Crippen molar-refractivity contribution in [3.63, 3.8) is 0 Å². The topological polar surface area (TPSA) is 21.3 Å². The first-order valence-electron chi connectivity index (χ1n) is 7.86. The van der Waals surface area contributed by atoms with Gasteiger partial charge in [0, 0.05) is 11.6 Å². The van der Waals surface area contributed by atoms with E-state index in [1.807, 2.05) is 42.5 Å². The summed E-state index contributed by atoms with van der Waals surface area (Å²) in [5.41, 5.74) is 2.69. The van der Waals surface area contributed by atoms with Crippen LogP contribution in [0.1, 0.15) is 11.1 Å². The predicted octanol–water partition coefficient (Wildman–Crippen LogP) is 7.49. The summed E-state index contributed by atoms with van der Waals surface area (Å²) in [5.74, 6) is 0.474. The van der Waals surface area contributed by atoms with Crippen LogP contribution in [0.5, 0.6) is 5.75 Å². The number of nitrogens with one attached hydrogen (secondary N) is 1. The smallest absolute Gasteiger partial charge is 0.156 e. The zero-order chi connectivity index (χ0) is 18.5. The molecule has 3 aromatic rings. The molecule has 0 radical (unpaired) electrons. The Kier molecular flexibility index (Phi) is 6.55. The molecule has 0 spiro atoms. The fourth-order valence-corrected chi connectivity index (χ4v) is 3.41. The second-order valence-electron chi connectivity index (χ2n) is 5.64. The van der Waals surface area contributed by atoms with E-state index in [-0.39, 0.29) is 0 Å². The molecular formula is C20H15Cl4NO. The maximum Gasteiger partial charge on any atom is 0.156 e. The van der Waals surface area contributed by atoms with Crippen molar-refractivity contribution in [2.45, 2.75) is 13.2 Å². The van der Waals surface area contributed by atoms with Crippen LogP contribution >= 0.6 is 46.4 Å². The molecule has 6 heteroatoms. The van der Waals surface area contributed by atoms with Gasteiger partial charge in [-0.15, -0.1) is 0 Å². The van der Waals surface area contributed by atoms with E-state index >= 15 is 0 Å². The van der Waals surface area contributed by atoms with Crippen LogP contribution in [-0.4, -0.2) is 0 Å². The summed E-state index contributed by atoms with van der Waals surface area (Å²) in [6.07, 6.45) is 0. The molecule has 0 aliphatic heterocycles. The van der Waals surface area contributed by atoms with Gasteiger partial charge in [0.25, 0.3) is 0 Å². The Hall–Kier alpha value is -1.58. The number of ether oxygens (including phenoxy) is 1. The highest BCUT2D eigenvalue weighted by Gasteiger charge is 2.11. The van der Waals surface area contributed by atoms with Crippen LogP contribution in [-0.2, 0) is 13.2 Å². The van der Waals surface area contributed by atoms with E-state index in [1.54, 1.807) is 18.2 Å². The molecule has 3 rings (SSSR count). The third kappa shape index (κ3) is 4.99. The van der Waals surface area contributed by atoms with Crippen LogP contribution in [0.3, 0.4) is 0 Å². The van der Waals surface area contributed by atoms with Gasteiger partial charge in [-0.05, 0) is 41.5 Å². The lowest BCUT2D eigenvalue weighted by Crippen LogP contribution is -2.02. The number of benzene rings is 3. The Bertz CT molecular complexity index is 877. The van der Waals surface area contributed by atoms with Crippen LogP contribution in [0.2, 0.25) is 20.1 Å². The average molecular weight is 427 g/mol. The van der Waals surface area contributed by atoms with Crippen molar-refractivity contribution < 1.29 is 4.74 Å². The van der Waals surface area contributed by atoms with Gasteiger partial charge in [0.15, 0.2) is 5.75 Å². The molecule has 0 bridgehead atoms. The standard InChI is InChI=1S/C20H15Cl4NO/c21-15-6-7-16(22)19(10-15)25-11-14-8-17(23)20(18(24)9-14)26-12-13-4-2-1-3-5-13/h1-10,25H,11-12H2. The van der Waals surface area contributed by atoms with Gasteiger partial charge in [-0.25, -0.2) is 0 Å². The fourth-order valence-electron chi connectivity index (χ4n) is 2.41. The molecule has 0 saturated carbocycles. The first kappa shape index (κ1) is 19.2. The first-order valence-corrected chi connectivity index (χ1v) is 9.37. The summed E-state index contributed by atoms with van der Waals surface area (Å²) in [4.78, 5) is 0. The van der Waals surface area contributed by atoms with Crippen molar-refractivity contribution in [2.75, 3.05) is 5.32 Å². The predicted molar refractivity (Wildman–Crippen MR) is 111 cm³/mol. The maximum atomic E-state index is 6.35. The molecule has 0 saturated heterocycles. The molecule has 0 aromatic heterocycles. The van der Waals surface area contributed by atoms with Gasteiger partial charge in [-0.2, -0.15) is 0 Å². The lowest BCUT2D eigenvalue weighted by molar-refractivity contribution is 0.306. The summed E-state index contributed by atoms with van der Waals surface area (Å²) in [6, 6.07) is 18.7. The summed E-state index contributed by atoms with van der Waals surface area (Å²) in [5, 5.41) is 5.35. The van der Waals surface area contributed by atoms with E-state index in [2.05, 4.69) is 5.32 Å². The molecule has 26 heavy (non-hydrogen) atoms. The van der Waals surface area contributed by atoms with Crippen molar-refractivity contribution in [2.24, 2.45) is 0 Å². The highest BCUT2D eigenvalue weighted by molar-refractivity contribution is 6.37. The average Bonchev–Trinajstić information content (AvgIpc) is 2.62. The van der Waals surface area contributed by atoms with Crippen LogP contribution in [0.15, 0.2) is 60.7 Å². The molecule has 0 aliphatic rings. The second kappa shape index (κ2) is 8.88. The highest BCUT2D eigenvalue weighted by Crippen LogP contribution is 2.35. The van der Waals surface area contributed by atoms with E-state index in [0.29, 0.717) is 39.0 Å². The minimum Gasteiger partial charge on any atom is -0.486 e. The molecule has 2 nitrogen and oxygen atoms in total. The third-order valence-electron chi connectivity index (χ3n) is 3.70. The van der Waals surface area contributed by atoms with Crippen LogP contribution < -0.4 is 10.1 Å². The second-order valence-corrected chi connectivity index (χ2v) is 7.30. The van der Waals surface area contributed by atoms with E-state index in [9.17, 15) is 0 Å². The number of hydrogen-bond donors (Lipinski definition) is 1. The van der Waals surface area contributed by atoms with Crippen molar-refractivity contribution in [3.8, 4) is 5.75 Å². The summed E-state index contributed by atoms with van der Waals surface area (Å²) in [6.45, 7) is 0.897. The van der Waals surface area contributed by atoms with E-state index in [4.69, 9.17) is 51.1 Å². The Labute approximate surface area is 172 Å². The van der Waals surface area contributed by atoms with Gasteiger partial charge in [0.2, 0.25) is 0 Å². The molecule has 1 N–H and O–H groups in total. The normalized spacial score (nSPS) is 10.6. The van der Waals surface area contributed by atoms with Gasteiger partial charge >= 0.3 is 0 Å². The Morgan fingerprint density at radius 2 is 1.42 bits per heavy atom. The maximum absolute atomic E-state index is 6.35. The lowest BCUT2D eigenvalue weighted by atomic mass is 10.2. The largest absolute Gasteiger partial charge is 0.486 e. The monoisotopic (exact) mass is 425 g/mol. The minimum atomic E-state index is 0.399. The number of hydrogen-bond acceptors (Lipinski definition) is 2. The van der Waals surface area contributed by atoms with E-state index < -0.39 is 0 Å². The van der Waals surface area contributed by atoms with Gasteiger partial charge < -0.3 is 10.1 Å². The van der Waals surface area contributed by atoms with Crippen molar-refractivity contribution in [3.05, 3.63) is 91.9 Å². The summed E-state index contributed by atoms with van der Waals surface area (Å²) < 4.78 is 5.78. The molecule has 0 amide bonds. The highest BCUT2D eigenvalue weighted by atomic mass is 35.5. The molecule has 0 atom stereocenters. The van der Waals surface area contributed by atoms with Gasteiger partial charge in [0.05, 0.1) is 20.8 Å². The molecule has 0 heterocycles. The van der Waals surface area contributed by atoms with Crippen LogP contribution in [0.25, 0.3) is 0 Å².